The van der Waals surface area contributed by atoms with Crippen molar-refractivity contribution >= 4 is 11.0 Å². The summed E-state index contributed by atoms with van der Waals surface area (Å²) in [7, 11) is 0. The Morgan fingerprint density at radius 1 is 1.24 bits per heavy atom. The van der Waals surface area contributed by atoms with Crippen molar-refractivity contribution in [3.63, 3.8) is 0 Å². The molecule has 17 heavy (non-hydrogen) atoms. The molecule has 2 N–H and O–H groups in total. The molecule has 0 saturated heterocycles. The quantitative estimate of drug-likeness (QED) is 0.863. The fraction of sp³-hybridized carbons (Fsp3) is 0.429. The van der Waals surface area contributed by atoms with Crippen LogP contribution in [0.3, 0.4) is 0 Å². The molecular weight excluding hydrogens is 217 g/mol. The third-order valence-corrected chi connectivity index (χ3v) is 3.29. The molecule has 0 fully saturated rings. The van der Waals surface area contributed by atoms with Crippen LogP contribution in [0.15, 0.2) is 34.7 Å². The van der Waals surface area contributed by atoms with Gasteiger partial charge in [-0.2, -0.15) is 0 Å². The van der Waals surface area contributed by atoms with Crippen LogP contribution in [0.1, 0.15) is 26.5 Å². The number of halogens is 1. The molecule has 2 nitrogen and oxygen atoms in total. The monoisotopic (exact) mass is 235 g/mol. The average molecular weight is 235 g/mol. The Hall–Kier alpha value is -1.35. The summed E-state index contributed by atoms with van der Waals surface area (Å²) in [5.41, 5.74) is 4.06. The maximum absolute atomic E-state index is 15.0. The summed E-state index contributed by atoms with van der Waals surface area (Å²) in [6.07, 6.45) is 0. The molecule has 1 aromatic carbocycles. The Balaban J connectivity index is 2.58. The first-order chi connectivity index (χ1) is 7.88. The van der Waals surface area contributed by atoms with Crippen LogP contribution in [-0.2, 0) is 5.67 Å². The normalized spacial score (nSPS) is 16.1. The van der Waals surface area contributed by atoms with E-state index >= 15 is 0 Å². The summed E-state index contributed by atoms with van der Waals surface area (Å²) in [6, 6.07) is 9.25. The molecular formula is C14H18FNO. The highest BCUT2D eigenvalue weighted by atomic mass is 19.1. The lowest BCUT2D eigenvalue weighted by molar-refractivity contribution is 0.0143. The lowest BCUT2D eigenvalue weighted by atomic mass is 9.76. The molecule has 0 saturated carbocycles. The zero-order chi connectivity index (χ0) is 12.7. The van der Waals surface area contributed by atoms with E-state index in [9.17, 15) is 4.39 Å². The number of rotatable bonds is 2. The van der Waals surface area contributed by atoms with Gasteiger partial charge in [-0.25, -0.2) is 4.39 Å². The Morgan fingerprint density at radius 3 is 2.41 bits per heavy atom. The van der Waals surface area contributed by atoms with Gasteiger partial charge in [0.2, 0.25) is 0 Å². The molecule has 1 aromatic heterocycles. The molecule has 2 aromatic rings. The van der Waals surface area contributed by atoms with Gasteiger partial charge < -0.3 is 10.2 Å². The van der Waals surface area contributed by atoms with Gasteiger partial charge in [-0.15, -0.1) is 0 Å². The van der Waals surface area contributed by atoms with Crippen LogP contribution < -0.4 is 5.73 Å². The number of hydrogen-bond acceptors (Lipinski definition) is 2. The van der Waals surface area contributed by atoms with Crippen LogP contribution >= 0.6 is 0 Å². The Labute approximate surface area is 101 Å². The van der Waals surface area contributed by atoms with E-state index in [1.54, 1.807) is 6.07 Å². The predicted molar refractivity (Wildman–Crippen MR) is 67.5 cm³/mol. The van der Waals surface area contributed by atoms with Gasteiger partial charge in [0.15, 0.2) is 5.67 Å². The van der Waals surface area contributed by atoms with Crippen LogP contribution in [0.4, 0.5) is 4.39 Å². The van der Waals surface area contributed by atoms with E-state index in [-0.39, 0.29) is 6.54 Å². The summed E-state index contributed by atoms with van der Waals surface area (Å²) in [6.45, 7) is 5.39. The van der Waals surface area contributed by atoms with E-state index in [4.69, 9.17) is 10.2 Å². The Morgan fingerprint density at radius 2 is 1.88 bits per heavy atom. The highest BCUT2D eigenvalue weighted by molar-refractivity contribution is 5.78. The van der Waals surface area contributed by atoms with Crippen LogP contribution in [0, 0.1) is 5.41 Å². The van der Waals surface area contributed by atoms with E-state index in [1.807, 2.05) is 45.0 Å². The van der Waals surface area contributed by atoms with Crippen LogP contribution in [-0.4, -0.2) is 6.54 Å². The molecule has 0 bridgehead atoms. The molecule has 0 radical (unpaired) electrons. The molecule has 92 valence electrons. The van der Waals surface area contributed by atoms with E-state index in [1.165, 1.54) is 0 Å². The molecule has 0 aliphatic rings. The number of nitrogens with two attached hydrogens (primary N) is 1. The van der Waals surface area contributed by atoms with Crippen molar-refractivity contribution in [1.29, 1.82) is 0 Å². The molecule has 0 spiro atoms. The topological polar surface area (TPSA) is 39.2 Å². The highest BCUT2D eigenvalue weighted by Crippen LogP contribution is 2.43. The minimum absolute atomic E-state index is 0.0870. The van der Waals surface area contributed by atoms with Crippen molar-refractivity contribution in [1.82, 2.24) is 0 Å². The van der Waals surface area contributed by atoms with E-state index in [0.717, 1.165) is 5.39 Å². The van der Waals surface area contributed by atoms with Crippen molar-refractivity contribution in [3.05, 3.63) is 36.1 Å². The third kappa shape index (κ3) is 1.84. The number of alkyl halides is 1. The number of para-hydroxylation sites is 1. The SMILES string of the molecule is CC(C)(C)C(F)(CN)c1cc2ccccc2o1. The van der Waals surface area contributed by atoms with Gasteiger partial charge >= 0.3 is 0 Å². The third-order valence-electron chi connectivity index (χ3n) is 3.29. The standard InChI is InChI=1S/C14H18FNO/c1-13(2,3)14(15,9-16)12-8-10-6-4-5-7-11(10)17-12/h4-8H,9,16H2,1-3H3. The Bertz CT molecular complexity index is 493. The van der Waals surface area contributed by atoms with Gasteiger partial charge in [-0.05, 0) is 12.1 Å². The molecule has 0 aliphatic carbocycles. The first-order valence-corrected chi connectivity index (χ1v) is 5.76. The Kier molecular flexibility index (Phi) is 2.74. The van der Waals surface area contributed by atoms with E-state index in [2.05, 4.69) is 0 Å². The number of fused-ring (bicyclic) bond motifs is 1. The van der Waals surface area contributed by atoms with Gasteiger partial charge in [0.25, 0.3) is 0 Å². The number of benzene rings is 1. The van der Waals surface area contributed by atoms with Crippen molar-refractivity contribution in [2.24, 2.45) is 11.1 Å². The fourth-order valence-electron chi connectivity index (χ4n) is 1.95. The lowest BCUT2D eigenvalue weighted by Crippen LogP contribution is -2.42. The van der Waals surface area contributed by atoms with Gasteiger partial charge in [0.1, 0.15) is 11.3 Å². The predicted octanol–water partition coefficient (Wildman–Crippen LogP) is 3.60. The maximum Gasteiger partial charge on any atom is 0.185 e. The van der Waals surface area contributed by atoms with Crippen LogP contribution in [0.5, 0.6) is 0 Å². The number of hydrogen-bond donors (Lipinski definition) is 1. The van der Waals surface area contributed by atoms with Gasteiger partial charge in [0, 0.05) is 17.3 Å². The molecule has 0 aliphatic heterocycles. The summed E-state index contributed by atoms with van der Waals surface area (Å²) < 4.78 is 20.6. The van der Waals surface area contributed by atoms with Crippen molar-refractivity contribution in [2.75, 3.05) is 6.54 Å². The largest absolute Gasteiger partial charge is 0.458 e. The summed E-state index contributed by atoms with van der Waals surface area (Å²) in [4.78, 5) is 0. The fourth-order valence-corrected chi connectivity index (χ4v) is 1.95. The molecule has 1 atom stereocenters. The van der Waals surface area contributed by atoms with Crippen LogP contribution in [0.25, 0.3) is 11.0 Å². The smallest absolute Gasteiger partial charge is 0.185 e. The molecule has 0 amide bonds. The zero-order valence-electron chi connectivity index (χ0n) is 10.5. The van der Waals surface area contributed by atoms with Gasteiger partial charge in [-0.1, -0.05) is 39.0 Å². The van der Waals surface area contributed by atoms with Crippen molar-refractivity contribution in [2.45, 2.75) is 26.4 Å². The van der Waals surface area contributed by atoms with Gasteiger partial charge in [0.05, 0.1) is 0 Å². The van der Waals surface area contributed by atoms with Crippen molar-refractivity contribution < 1.29 is 8.81 Å². The van der Waals surface area contributed by atoms with Crippen molar-refractivity contribution in [3.8, 4) is 0 Å². The van der Waals surface area contributed by atoms with Gasteiger partial charge in [-0.3, -0.25) is 0 Å². The second-order valence-corrected chi connectivity index (χ2v) is 5.40. The number of furan rings is 1. The van der Waals surface area contributed by atoms with E-state index < -0.39 is 11.1 Å². The van der Waals surface area contributed by atoms with E-state index in [0.29, 0.717) is 11.3 Å². The minimum Gasteiger partial charge on any atom is -0.458 e. The summed E-state index contributed by atoms with van der Waals surface area (Å²) >= 11 is 0. The molecule has 1 unspecified atom stereocenters. The maximum atomic E-state index is 15.0. The molecule has 1 heterocycles. The average Bonchev–Trinajstić information content (AvgIpc) is 2.70. The van der Waals surface area contributed by atoms with Crippen LogP contribution in [0.2, 0.25) is 0 Å². The minimum atomic E-state index is -1.65. The zero-order valence-corrected chi connectivity index (χ0v) is 10.5. The summed E-state index contributed by atoms with van der Waals surface area (Å²) in [5.74, 6) is 0.314. The molecule has 3 heteroatoms. The second kappa shape index (κ2) is 3.84. The lowest BCUT2D eigenvalue weighted by Gasteiger charge is -2.34. The first-order valence-electron chi connectivity index (χ1n) is 5.76. The summed E-state index contributed by atoms with van der Waals surface area (Å²) in [5, 5.41) is 0.905. The second-order valence-electron chi connectivity index (χ2n) is 5.40. The molecule has 2 rings (SSSR count). The highest BCUT2D eigenvalue weighted by Gasteiger charge is 2.45. The first kappa shape index (κ1) is 12.1.